The van der Waals surface area contributed by atoms with Gasteiger partial charge >= 0.3 is 0 Å². The van der Waals surface area contributed by atoms with Crippen LogP contribution < -0.4 is 11.1 Å². The molecule has 4 nitrogen and oxygen atoms in total. The minimum atomic E-state index is -0.268. The van der Waals surface area contributed by atoms with Crippen LogP contribution in [0.4, 0.5) is 11.5 Å². The van der Waals surface area contributed by atoms with Crippen molar-refractivity contribution in [2.24, 2.45) is 0 Å². The second kappa shape index (κ2) is 5.18. The molecule has 0 saturated carbocycles. The minimum Gasteiger partial charge on any atom is -0.383 e. The van der Waals surface area contributed by atoms with Gasteiger partial charge < -0.3 is 11.1 Å². The summed E-state index contributed by atoms with van der Waals surface area (Å²) in [4.78, 5) is 16.0. The molecule has 0 aliphatic heterocycles. The maximum atomic E-state index is 12.1. The fourth-order valence-electron chi connectivity index (χ4n) is 1.53. The van der Waals surface area contributed by atoms with E-state index in [1.807, 2.05) is 31.2 Å². The number of nitrogens with zero attached hydrogens (tertiary/aromatic N) is 1. The van der Waals surface area contributed by atoms with Crippen molar-refractivity contribution < 1.29 is 4.79 Å². The van der Waals surface area contributed by atoms with Crippen LogP contribution in [-0.2, 0) is 0 Å². The fourth-order valence-corrected chi connectivity index (χ4v) is 1.87. The van der Waals surface area contributed by atoms with E-state index in [1.165, 1.54) is 0 Å². The highest BCUT2D eigenvalue weighted by molar-refractivity contribution is 9.10. The number of pyridine rings is 1. The first-order valence-electron chi connectivity index (χ1n) is 5.36. The van der Waals surface area contributed by atoms with E-state index in [-0.39, 0.29) is 11.7 Å². The molecule has 1 aromatic carbocycles. The van der Waals surface area contributed by atoms with E-state index in [1.54, 1.807) is 12.3 Å². The molecule has 3 N–H and O–H groups in total. The molecule has 2 aromatic rings. The number of carbonyl (C=O) groups is 1. The lowest BCUT2D eigenvalue weighted by molar-refractivity contribution is 0.102. The Morgan fingerprint density at radius 2 is 2.11 bits per heavy atom. The van der Waals surface area contributed by atoms with Gasteiger partial charge in [-0.15, -0.1) is 0 Å². The molecule has 0 unspecified atom stereocenters. The van der Waals surface area contributed by atoms with Crippen LogP contribution in [0.25, 0.3) is 0 Å². The monoisotopic (exact) mass is 305 g/mol. The number of aryl methyl sites for hydroxylation is 1. The van der Waals surface area contributed by atoms with Gasteiger partial charge in [0.1, 0.15) is 5.82 Å². The van der Waals surface area contributed by atoms with Crippen molar-refractivity contribution in [1.82, 2.24) is 4.98 Å². The van der Waals surface area contributed by atoms with Crippen LogP contribution in [0.2, 0.25) is 0 Å². The topological polar surface area (TPSA) is 68.0 Å². The molecule has 0 bridgehead atoms. The maximum Gasteiger partial charge on any atom is 0.259 e. The number of carbonyl (C=O) groups excluding carboxylic acids is 1. The lowest BCUT2D eigenvalue weighted by Gasteiger charge is -2.09. The van der Waals surface area contributed by atoms with E-state index in [2.05, 4.69) is 26.2 Å². The van der Waals surface area contributed by atoms with E-state index >= 15 is 0 Å². The van der Waals surface area contributed by atoms with E-state index in [9.17, 15) is 4.79 Å². The third-order valence-electron chi connectivity index (χ3n) is 2.52. The van der Waals surface area contributed by atoms with Crippen LogP contribution in [0, 0.1) is 6.92 Å². The molecule has 2 rings (SSSR count). The zero-order valence-electron chi connectivity index (χ0n) is 9.77. The predicted octanol–water partition coefficient (Wildman–Crippen LogP) is 2.99. The number of para-hydroxylation sites is 1. The summed E-state index contributed by atoms with van der Waals surface area (Å²) in [5.74, 6) is -0.0557. The smallest absolute Gasteiger partial charge is 0.259 e. The summed E-state index contributed by atoms with van der Waals surface area (Å²) in [6, 6.07) is 9.20. The van der Waals surface area contributed by atoms with Crippen molar-refractivity contribution in [2.75, 3.05) is 11.1 Å². The summed E-state index contributed by atoms with van der Waals surface area (Å²) in [6.07, 6.45) is 1.56. The summed E-state index contributed by atoms with van der Waals surface area (Å²) < 4.78 is 0.714. The number of anilines is 2. The van der Waals surface area contributed by atoms with Gasteiger partial charge in [0, 0.05) is 16.4 Å². The van der Waals surface area contributed by atoms with E-state index < -0.39 is 0 Å². The number of nitrogens with one attached hydrogen (secondary N) is 1. The Morgan fingerprint density at radius 1 is 1.39 bits per heavy atom. The lowest BCUT2D eigenvalue weighted by atomic mass is 10.2. The highest BCUT2D eigenvalue weighted by Gasteiger charge is 2.12. The van der Waals surface area contributed by atoms with Gasteiger partial charge in [-0.25, -0.2) is 4.98 Å². The van der Waals surface area contributed by atoms with Gasteiger partial charge in [0.05, 0.1) is 5.56 Å². The molecule has 0 aliphatic carbocycles. The molecule has 1 aromatic heterocycles. The largest absolute Gasteiger partial charge is 0.383 e. The van der Waals surface area contributed by atoms with E-state index in [4.69, 9.17) is 5.73 Å². The molecule has 0 atom stereocenters. The zero-order valence-corrected chi connectivity index (χ0v) is 11.4. The van der Waals surface area contributed by atoms with Crippen LogP contribution in [-0.4, -0.2) is 10.9 Å². The first kappa shape index (κ1) is 12.6. The van der Waals surface area contributed by atoms with Crippen molar-refractivity contribution in [3.63, 3.8) is 0 Å². The van der Waals surface area contributed by atoms with Crippen molar-refractivity contribution >= 4 is 33.3 Å². The number of benzene rings is 1. The SMILES string of the molecule is Cc1ccccc1NC(=O)c1cc(Br)cnc1N. The number of nitrogens with two attached hydrogens (primary N) is 1. The zero-order chi connectivity index (χ0) is 13.1. The standard InChI is InChI=1S/C13H12BrN3O/c1-8-4-2-3-5-11(8)17-13(18)10-6-9(14)7-16-12(10)15/h2-7H,1H3,(H2,15,16)(H,17,18). The molecule has 1 amide bonds. The van der Waals surface area contributed by atoms with Crippen molar-refractivity contribution in [2.45, 2.75) is 6.92 Å². The fraction of sp³-hybridized carbons (Fsp3) is 0.0769. The summed E-state index contributed by atoms with van der Waals surface area (Å²) in [5.41, 5.74) is 7.80. The third kappa shape index (κ3) is 2.68. The van der Waals surface area contributed by atoms with Crippen LogP contribution in [0.1, 0.15) is 15.9 Å². The minimum absolute atomic E-state index is 0.212. The molecular formula is C13H12BrN3O. The number of nitrogen functional groups attached to an aromatic ring is 1. The first-order chi connectivity index (χ1) is 8.58. The summed E-state index contributed by atoms with van der Waals surface area (Å²) >= 11 is 3.27. The molecule has 0 spiro atoms. The first-order valence-corrected chi connectivity index (χ1v) is 6.15. The molecule has 5 heteroatoms. The van der Waals surface area contributed by atoms with Crippen molar-refractivity contribution in [3.8, 4) is 0 Å². The average Bonchev–Trinajstić information content (AvgIpc) is 2.35. The number of hydrogen-bond donors (Lipinski definition) is 2. The predicted molar refractivity (Wildman–Crippen MR) is 75.5 cm³/mol. The second-order valence-electron chi connectivity index (χ2n) is 3.86. The highest BCUT2D eigenvalue weighted by atomic mass is 79.9. The van der Waals surface area contributed by atoms with Crippen molar-refractivity contribution in [1.29, 1.82) is 0 Å². The van der Waals surface area contributed by atoms with Gasteiger partial charge in [0.25, 0.3) is 5.91 Å². The average molecular weight is 306 g/mol. The Kier molecular flexibility index (Phi) is 3.62. The van der Waals surface area contributed by atoms with Crippen LogP contribution in [0.15, 0.2) is 41.0 Å². The number of rotatable bonds is 2. The molecule has 0 aliphatic rings. The summed E-state index contributed by atoms with van der Waals surface area (Å²) in [6.45, 7) is 1.93. The number of hydrogen-bond acceptors (Lipinski definition) is 3. The molecular weight excluding hydrogens is 294 g/mol. The van der Waals surface area contributed by atoms with E-state index in [0.717, 1.165) is 11.3 Å². The highest BCUT2D eigenvalue weighted by Crippen LogP contribution is 2.19. The Hall–Kier alpha value is -1.88. The second-order valence-corrected chi connectivity index (χ2v) is 4.77. The summed E-state index contributed by atoms with van der Waals surface area (Å²) in [5, 5.41) is 2.81. The van der Waals surface area contributed by atoms with Crippen molar-refractivity contribution in [3.05, 3.63) is 52.1 Å². The number of amides is 1. The number of aromatic nitrogens is 1. The van der Waals surface area contributed by atoms with Crippen LogP contribution in [0.3, 0.4) is 0 Å². The Labute approximate surface area is 113 Å². The molecule has 92 valence electrons. The molecule has 0 fully saturated rings. The molecule has 0 saturated heterocycles. The molecule has 1 heterocycles. The quantitative estimate of drug-likeness (QED) is 0.896. The van der Waals surface area contributed by atoms with Gasteiger partial charge in [0.2, 0.25) is 0 Å². The Balaban J connectivity index is 2.28. The molecule has 0 radical (unpaired) electrons. The summed E-state index contributed by atoms with van der Waals surface area (Å²) in [7, 11) is 0. The van der Waals surface area contributed by atoms with Gasteiger partial charge in [-0.2, -0.15) is 0 Å². The van der Waals surface area contributed by atoms with Gasteiger partial charge in [0.15, 0.2) is 0 Å². The van der Waals surface area contributed by atoms with Gasteiger partial charge in [-0.05, 0) is 40.5 Å². The van der Waals surface area contributed by atoms with Crippen LogP contribution >= 0.6 is 15.9 Å². The maximum absolute atomic E-state index is 12.1. The van der Waals surface area contributed by atoms with Crippen LogP contribution in [0.5, 0.6) is 0 Å². The van der Waals surface area contributed by atoms with Gasteiger partial charge in [-0.3, -0.25) is 4.79 Å². The lowest BCUT2D eigenvalue weighted by Crippen LogP contribution is -2.15. The Morgan fingerprint density at radius 3 is 2.83 bits per heavy atom. The normalized spacial score (nSPS) is 10.1. The third-order valence-corrected chi connectivity index (χ3v) is 2.96. The Bertz CT molecular complexity index is 599. The van der Waals surface area contributed by atoms with Gasteiger partial charge in [-0.1, -0.05) is 18.2 Å². The number of halogens is 1. The van der Waals surface area contributed by atoms with E-state index in [0.29, 0.717) is 10.0 Å². The molecule has 18 heavy (non-hydrogen) atoms.